The molecule has 1 N–H and O–H groups in total. The highest BCUT2D eigenvalue weighted by Gasteiger charge is 2.11. The van der Waals surface area contributed by atoms with E-state index in [1.807, 2.05) is 0 Å². The number of anilines is 1. The van der Waals surface area contributed by atoms with Gasteiger partial charge in [0.05, 0.1) is 6.67 Å². The maximum atomic E-state index is 12.5. The Morgan fingerprint density at radius 2 is 2.18 bits per heavy atom. The number of hydrogen-bond donors (Lipinski definition) is 1. The minimum absolute atomic E-state index is 0.229. The third-order valence-corrected chi connectivity index (χ3v) is 2.75. The summed E-state index contributed by atoms with van der Waals surface area (Å²) in [5.74, 6) is -0.235. The van der Waals surface area contributed by atoms with Crippen molar-refractivity contribution in [2.45, 2.75) is 12.8 Å². The molecule has 0 saturated carbocycles. The molecule has 0 heterocycles. The highest BCUT2D eigenvalue weighted by Crippen LogP contribution is 2.27. The van der Waals surface area contributed by atoms with Gasteiger partial charge in [-0.05, 0) is 17.7 Å². The molecular weight excluding hydrogens is 243 g/mol. The van der Waals surface area contributed by atoms with E-state index in [2.05, 4.69) is 5.32 Å². The highest BCUT2D eigenvalue weighted by atomic mass is 35.5. The van der Waals surface area contributed by atoms with Crippen LogP contribution in [0.5, 0.6) is 0 Å². The molecule has 5 heteroatoms. The summed E-state index contributed by atoms with van der Waals surface area (Å²) in [6.45, 7) is 1.31. The van der Waals surface area contributed by atoms with E-state index in [0.717, 1.165) is 5.56 Å². The molecule has 0 spiro atoms. The molecular formula is C12H16ClFN2O. The van der Waals surface area contributed by atoms with Gasteiger partial charge in [-0.2, -0.15) is 0 Å². The van der Waals surface area contributed by atoms with Crippen LogP contribution < -0.4 is 5.32 Å². The van der Waals surface area contributed by atoms with E-state index in [0.29, 0.717) is 10.7 Å². The molecule has 0 saturated heterocycles. The molecule has 0 aliphatic heterocycles. The standard InChI is InChI=1S/C12H16ClFN2O/c1-8(7-14)10-5-4-9(6-11(10)13)15-12(17)16(2)3/h4-6,8H,7H2,1-3H3,(H,15,17). The van der Waals surface area contributed by atoms with Crippen LogP contribution in [-0.2, 0) is 0 Å². The van der Waals surface area contributed by atoms with Gasteiger partial charge in [0.25, 0.3) is 0 Å². The van der Waals surface area contributed by atoms with Gasteiger partial charge < -0.3 is 10.2 Å². The first-order chi connectivity index (χ1) is 7.95. The van der Waals surface area contributed by atoms with Crippen LogP contribution in [0.25, 0.3) is 0 Å². The topological polar surface area (TPSA) is 32.3 Å². The van der Waals surface area contributed by atoms with Crippen molar-refractivity contribution in [2.75, 3.05) is 26.1 Å². The van der Waals surface area contributed by atoms with Crippen molar-refractivity contribution >= 4 is 23.3 Å². The second-order valence-corrected chi connectivity index (χ2v) is 4.52. The predicted octanol–water partition coefficient (Wildman–Crippen LogP) is 3.51. The van der Waals surface area contributed by atoms with Crippen molar-refractivity contribution in [3.05, 3.63) is 28.8 Å². The number of amides is 2. The third-order valence-electron chi connectivity index (χ3n) is 2.42. The first kappa shape index (κ1) is 13.8. The Morgan fingerprint density at radius 3 is 2.65 bits per heavy atom. The molecule has 0 radical (unpaired) electrons. The van der Waals surface area contributed by atoms with E-state index in [9.17, 15) is 9.18 Å². The summed E-state index contributed by atoms with van der Waals surface area (Å²) < 4.78 is 12.5. The second kappa shape index (κ2) is 5.87. The number of urea groups is 1. The Hall–Kier alpha value is -1.29. The summed E-state index contributed by atoms with van der Waals surface area (Å²) in [6.07, 6.45) is 0. The number of nitrogens with zero attached hydrogens (tertiary/aromatic N) is 1. The zero-order valence-electron chi connectivity index (χ0n) is 10.1. The van der Waals surface area contributed by atoms with Crippen LogP contribution in [0.15, 0.2) is 18.2 Å². The number of rotatable bonds is 3. The molecule has 3 nitrogen and oxygen atoms in total. The molecule has 1 rings (SSSR count). The van der Waals surface area contributed by atoms with E-state index >= 15 is 0 Å². The van der Waals surface area contributed by atoms with Gasteiger partial charge in [-0.25, -0.2) is 4.79 Å². The summed E-state index contributed by atoms with van der Waals surface area (Å²) >= 11 is 6.03. The summed E-state index contributed by atoms with van der Waals surface area (Å²) in [7, 11) is 3.30. The fourth-order valence-electron chi connectivity index (χ4n) is 1.32. The monoisotopic (exact) mass is 258 g/mol. The van der Waals surface area contributed by atoms with Gasteiger partial charge in [-0.15, -0.1) is 0 Å². The Labute approximate surface area is 106 Å². The Kier molecular flexibility index (Phi) is 4.75. The fraction of sp³-hybridized carbons (Fsp3) is 0.417. The molecule has 1 atom stereocenters. The number of carbonyl (C=O) groups excluding carboxylic acids is 1. The Morgan fingerprint density at radius 1 is 1.53 bits per heavy atom. The first-order valence-corrected chi connectivity index (χ1v) is 5.67. The molecule has 1 aromatic rings. The van der Waals surface area contributed by atoms with Gasteiger partial charge in [-0.1, -0.05) is 24.6 Å². The van der Waals surface area contributed by atoms with Gasteiger partial charge in [0, 0.05) is 30.7 Å². The molecule has 94 valence electrons. The number of nitrogens with one attached hydrogen (secondary N) is 1. The van der Waals surface area contributed by atoms with Gasteiger partial charge in [0.2, 0.25) is 0 Å². The molecule has 0 fully saturated rings. The van der Waals surface area contributed by atoms with Crippen LogP contribution in [-0.4, -0.2) is 31.7 Å². The maximum absolute atomic E-state index is 12.5. The van der Waals surface area contributed by atoms with Gasteiger partial charge >= 0.3 is 6.03 Å². The van der Waals surface area contributed by atoms with Crippen LogP contribution in [0.3, 0.4) is 0 Å². The van der Waals surface area contributed by atoms with Crippen molar-refractivity contribution in [3.8, 4) is 0 Å². The summed E-state index contributed by atoms with van der Waals surface area (Å²) in [6, 6.07) is 4.85. The fourth-order valence-corrected chi connectivity index (χ4v) is 1.69. The van der Waals surface area contributed by atoms with E-state index < -0.39 is 6.67 Å². The van der Waals surface area contributed by atoms with Gasteiger partial charge in [-0.3, -0.25) is 4.39 Å². The lowest BCUT2D eigenvalue weighted by Gasteiger charge is -2.14. The first-order valence-electron chi connectivity index (χ1n) is 5.29. The summed E-state index contributed by atoms with van der Waals surface area (Å²) in [4.78, 5) is 12.8. The molecule has 0 aromatic heterocycles. The summed E-state index contributed by atoms with van der Waals surface area (Å²) in [5, 5.41) is 3.14. The minimum Gasteiger partial charge on any atom is -0.331 e. The zero-order chi connectivity index (χ0) is 13.0. The van der Waals surface area contributed by atoms with Crippen LogP contribution in [0.4, 0.5) is 14.9 Å². The van der Waals surface area contributed by atoms with Crippen LogP contribution in [0, 0.1) is 0 Å². The lowest BCUT2D eigenvalue weighted by molar-refractivity contribution is 0.230. The highest BCUT2D eigenvalue weighted by molar-refractivity contribution is 6.31. The van der Waals surface area contributed by atoms with Gasteiger partial charge in [0.1, 0.15) is 0 Å². The van der Waals surface area contributed by atoms with E-state index in [1.54, 1.807) is 39.2 Å². The quantitative estimate of drug-likeness (QED) is 0.884. The number of alkyl halides is 1. The summed E-state index contributed by atoms with van der Waals surface area (Å²) in [5.41, 5.74) is 1.35. The van der Waals surface area contributed by atoms with Gasteiger partial charge in [0.15, 0.2) is 0 Å². The molecule has 0 aliphatic carbocycles. The lowest BCUT2D eigenvalue weighted by atomic mass is 10.0. The molecule has 17 heavy (non-hydrogen) atoms. The number of carbonyl (C=O) groups is 1. The molecule has 2 amide bonds. The lowest BCUT2D eigenvalue weighted by Crippen LogP contribution is -2.27. The van der Waals surface area contributed by atoms with E-state index in [4.69, 9.17) is 11.6 Å². The normalized spacial score (nSPS) is 12.1. The van der Waals surface area contributed by atoms with Crippen LogP contribution >= 0.6 is 11.6 Å². The smallest absolute Gasteiger partial charge is 0.321 e. The minimum atomic E-state index is -0.455. The van der Waals surface area contributed by atoms with Crippen LogP contribution in [0.2, 0.25) is 5.02 Å². The average Bonchev–Trinajstić information content (AvgIpc) is 2.28. The van der Waals surface area contributed by atoms with E-state index in [-0.39, 0.29) is 11.9 Å². The largest absolute Gasteiger partial charge is 0.331 e. The molecule has 0 bridgehead atoms. The van der Waals surface area contributed by atoms with Crippen molar-refractivity contribution < 1.29 is 9.18 Å². The van der Waals surface area contributed by atoms with Crippen molar-refractivity contribution in [3.63, 3.8) is 0 Å². The predicted molar refractivity (Wildman–Crippen MR) is 68.5 cm³/mol. The number of hydrogen-bond acceptors (Lipinski definition) is 1. The van der Waals surface area contributed by atoms with E-state index in [1.165, 1.54) is 4.90 Å². The third kappa shape index (κ3) is 3.60. The van der Waals surface area contributed by atoms with Crippen molar-refractivity contribution in [1.29, 1.82) is 0 Å². The molecule has 0 aliphatic rings. The van der Waals surface area contributed by atoms with Crippen molar-refractivity contribution in [1.82, 2.24) is 4.90 Å². The van der Waals surface area contributed by atoms with Crippen LogP contribution in [0.1, 0.15) is 18.4 Å². The Balaban J connectivity index is 2.86. The zero-order valence-corrected chi connectivity index (χ0v) is 10.9. The number of halogens is 2. The SMILES string of the molecule is CC(CF)c1ccc(NC(=O)N(C)C)cc1Cl. The Bertz CT molecular complexity index is 409. The maximum Gasteiger partial charge on any atom is 0.321 e. The molecule has 1 aromatic carbocycles. The average molecular weight is 259 g/mol. The van der Waals surface area contributed by atoms with Crippen molar-refractivity contribution in [2.24, 2.45) is 0 Å². The second-order valence-electron chi connectivity index (χ2n) is 4.12. The molecule has 1 unspecified atom stereocenters. The number of benzene rings is 1.